The van der Waals surface area contributed by atoms with E-state index in [0.717, 1.165) is 0 Å². The van der Waals surface area contributed by atoms with Crippen LogP contribution in [-0.2, 0) is 7.05 Å². The molecule has 0 aromatic carbocycles. The summed E-state index contributed by atoms with van der Waals surface area (Å²) in [6.45, 7) is 0. The zero-order valence-corrected chi connectivity index (χ0v) is 8.34. The van der Waals surface area contributed by atoms with Crippen molar-refractivity contribution in [3.8, 4) is 6.07 Å². The number of aryl methyl sites for hydroxylation is 1. The second-order valence-electron chi connectivity index (χ2n) is 3.02. The molecule has 0 saturated heterocycles. The molecule has 0 bridgehead atoms. The Balaban J connectivity index is 2.22. The van der Waals surface area contributed by atoms with Gasteiger partial charge in [-0.1, -0.05) is 5.16 Å². The number of carbonyl (C=O) groups is 1. The molecule has 16 heavy (non-hydrogen) atoms. The maximum atomic E-state index is 11.6. The summed E-state index contributed by atoms with van der Waals surface area (Å²) >= 11 is 0. The third kappa shape index (κ3) is 1.76. The number of rotatable bonds is 2. The average molecular weight is 217 g/mol. The van der Waals surface area contributed by atoms with Crippen LogP contribution in [0.5, 0.6) is 0 Å². The fraction of sp³-hybridized carbons (Fsp3) is 0.111. The number of nitriles is 1. The highest BCUT2D eigenvalue weighted by Gasteiger charge is 2.14. The molecule has 0 spiro atoms. The van der Waals surface area contributed by atoms with E-state index in [0.29, 0.717) is 5.56 Å². The Hall–Kier alpha value is -2.62. The quantitative estimate of drug-likeness (QED) is 0.791. The fourth-order valence-electron chi connectivity index (χ4n) is 1.16. The van der Waals surface area contributed by atoms with E-state index in [1.807, 2.05) is 6.07 Å². The first-order valence-electron chi connectivity index (χ1n) is 4.36. The summed E-state index contributed by atoms with van der Waals surface area (Å²) in [5, 5.41) is 18.7. The molecule has 2 aromatic heterocycles. The van der Waals surface area contributed by atoms with Gasteiger partial charge in [0.25, 0.3) is 5.91 Å². The predicted octanol–water partition coefficient (Wildman–Crippen LogP) is 0.532. The van der Waals surface area contributed by atoms with Crippen molar-refractivity contribution < 1.29 is 9.32 Å². The molecule has 1 N–H and O–H groups in total. The van der Waals surface area contributed by atoms with Gasteiger partial charge in [-0.2, -0.15) is 10.4 Å². The lowest BCUT2D eigenvalue weighted by Crippen LogP contribution is -2.13. The van der Waals surface area contributed by atoms with Gasteiger partial charge >= 0.3 is 0 Å². The number of nitrogens with one attached hydrogen (secondary N) is 1. The van der Waals surface area contributed by atoms with Gasteiger partial charge in [0.2, 0.25) is 0 Å². The Bertz CT molecular complexity index is 549. The van der Waals surface area contributed by atoms with E-state index in [-0.39, 0.29) is 11.5 Å². The first kappa shape index (κ1) is 9.92. The molecule has 2 heterocycles. The molecule has 7 nitrogen and oxygen atoms in total. The molecule has 0 saturated carbocycles. The zero-order valence-electron chi connectivity index (χ0n) is 8.34. The number of carbonyl (C=O) groups excluding carboxylic acids is 1. The minimum Gasteiger partial charge on any atom is -0.364 e. The van der Waals surface area contributed by atoms with Crippen LogP contribution >= 0.6 is 0 Å². The normalized spacial score (nSPS) is 9.75. The van der Waals surface area contributed by atoms with Gasteiger partial charge in [-0.15, -0.1) is 0 Å². The van der Waals surface area contributed by atoms with E-state index in [1.54, 1.807) is 7.05 Å². The molecule has 0 unspecified atom stereocenters. The second-order valence-corrected chi connectivity index (χ2v) is 3.02. The van der Waals surface area contributed by atoms with Crippen molar-refractivity contribution in [2.24, 2.45) is 7.05 Å². The van der Waals surface area contributed by atoms with Crippen LogP contribution in [0.3, 0.4) is 0 Å². The van der Waals surface area contributed by atoms with Crippen LogP contribution in [0.25, 0.3) is 0 Å². The Morgan fingerprint density at radius 3 is 3.12 bits per heavy atom. The Morgan fingerprint density at radius 2 is 2.50 bits per heavy atom. The van der Waals surface area contributed by atoms with Crippen LogP contribution in [0.2, 0.25) is 0 Å². The van der Waals surface area contributed by atoms with Crippen molar-refractivity contribution >= 4 is 11.7 Å². The van der Waals surface area contributed by atoms with Crippen molar-refractivity contribution in [2.75, 3.05) is 5.32 Å². The summed E-state index contributed by atoms with van der Waals surface area (Å²) in [5.74, 6) is -0.262. The van der Waals surface area contributed by atoms with E-state index >= 15 is 0 Å². The molecule has 0 aliphatic heterocycles. The summed E-state index contributed by atoms with van der Waals surface area (Å²) in [6.07, 6.45) is 2.80. The van der Waals surface area contributed by atoms with Gasteiger partial charge in [0, 0.05) is 19.3 Å². The first-order chi connectivity index (χ1) is 7.70. The molecule has 2 rings (SSSR count). The summed E-state index contributed by atoms with van der Waals surface area (Å²) in [7, 11) is 1.66. The van der Waals surface area contributed by atoms with Crippen LogP contribution in [0.15, 0.2) is 23.0 Å². The molecule has 0 fully saturated rings. The monoisotopic (exact) mass is 217 g/mol. The molecule has 7 heteroatoms. The van der Waals surface area contributed by atoms with E-state index in [4.69, 9.17) is 5.26 Å². The molecule has 1 amide bonds. The standard InChI is InChI=1S/C9H7N5O2/c1-14-5-6(4-10)8(12-14)11-9(15)7-2-3-16-13-7/h2-3,5H,1H3,(H,11,12,15). The zero-order chi connectivity index (χ0) is 11.5. The molecular formula is C9H7N5O2. The number of hydrogen-bond acceptors (Lipinski definition) is 5. The Morgan fingerprint density at radius 1 is 1.69 bits per heavy atom. The van der Waals surface area contributed by atoms with Crippen LogP contribution in [0.1, 0.15) is 16.1 Å². The molecule has 80 valence electrons. The highest BCUT2D eigenvalue weighted by molar-refractivity contribution is 6.02. The number of amides is 1. The maximum absolute atomic E-state index is 11.6. The lowest BCUT2D eigenvalue weighted by molar-refractivity contribution is 0.101. The van der Waals surface area contributed by atoms with E-state index in [2.05, 4.69) is 20.1 Å². The van der Waals surface area contributed by atoms with Crippen molar-refractivity contribution in [1.82, 2.24) is 14.9 Å². The minimum absolute atomic E-state index is 0.134. The molecule has 0 aliphatic carbocycles. The largest absolute Gasteiger partial charge is 0.364 e. The lowest BCUT2D eigenvalue weighted by Gasteiger charge is -1.97. The third-order valence-corrected chi connectivity index (χ3v) is 1.85. The van der Waals surface area contributed by atoms with Gasteiger partial charge in [0.15, 0.2) is 11.5 Å². The lowest BCUT2D eigenvalue weighted by atomic mass is 10.3. The van der Waals surface area contributed by atoms with Gasteiger partial charge in [-0.05, 0) is 0 Å². The van der Waals surface area contributed by atoms with Crippen LogP contribution in [-0.4, -0.2) is 20.8 Å². The fourth-order valence-corrected chi connectivity index (χ4v) is 1.16. The molecule has 2 aromatic rings. The highest BCUT2D eigenvalue weighted by Crippen LogP contribution is 2.11. The van der Waals surface area contributed by atoms with Crippen LogP contribution < -0.4 is 5.32 Å². The molecular weight excluding hydrogens is 210 g/mol. The first-order valence-corrected chi connectivity index (χ1v) is 4.36. The molecule has 0 aliphatic rings. The van der Waals surface area contributed by atoms with Gasteiger partial charge in [0.05, 0.1) is 0 Å². The van der Waals surface area contributed by atoms with Gasteiger partial charge in [-0.3, -0.25) is 9.48 Å². The number of aromatic nitrogens is 3. The van der Waals surface area contributed by atoms with Gasteiger partial charge in [-0.25, -0.2) is 0 Å². The smallest absolute Gasteiger partial charge is 0.279 e. The second kappa shape index (κ2) is 3.86. The van der Waals surface area contributed by atoms with Crippen molar-refractivity contribution in [2.45, 2.75) is 0 Å². The van der Waals surface area contributed by atoms with Crippen LogP contribution in [0, 0.1) is 11.3 Å². The van der Waals surface area contributed by atoms with E-state index in [1.165, 1.54) is 23.2 Å². The molecule has 0 atom stereocenters. The van der Waals surface area contributed by atoms with Crippen LogP contribution in [0.4, 0.5) is 5.82 Å². The summed E-state index contributed by atoms with van der Waals surface area (Å²) < 4.78 is 5.98. The third-order valence-electron chi connectivity index (χ3n) is 1.85. The van der Waals surface area contributed by atoms with Gasteiger partial charge in [0.1, 0.15) is 17.9 Å². The van der Waals surface area contributed by atoms with Gasteiger partial charge < -0.3 is 9.84 Å². The summed E-state index contributed by atoms with van der Waals surface area (Å²) in [6, 6.07) is 3.35. The van der Waals surface area contributed by atoms with Crippen molar-refractivity contribution in [3.63, 3.8) is 0 Å². The average Bonchev–Trinajstić information content (AvgIpc) is 2.87. The maximum Gasteiger partial charge on any atom is 0.279 e. The van der Waals surface area contributed by atoms with Crippen molar-refractivity contribution in [1.29, 1.82) is 5.26 Å². The topological polar surface area (TPSA) is 96.7 Å². The minimum atomic E-state index is -0.469. The molecule has 0 radical (unpaired) electrons. The number of hydrogen-bond donors (Lipinski definition) is 1. The van der Waals surface area contributed by atoms with E-state index in [9.17, 15) is 4.79 Å². The number of nitrogens with zero attached hydrogens (tertiary/aromatic N) is 4. The summed E-state index contributed by atoms with van der Waals surface area (Å²) in [5.41, 5.74) is 0.425. The predicted molar refractivity (Wildman–Crippen MR) is 52.4 cm³/mol. The van der Waals surface area contributed by atoms with E-state index < -0.39 is 5.91 Å². The highest BCUT2D eigenvalue weighted by atomic mass is 16.5. The summed E-state index contributed by atoms with van der Waals surface area (Å²) in [4.78, 5) is 11.6. The number of anilines is 1. The SMILES string of the molecule is Cn1cc(C#N)c(NC(=O)c2ccon2)n1. The van der Waals surface area contributed by atoms with Crippen molar-refractivity contribution in [3.05, 3.63) is 29.8 Å². The Labute approximate surface area is 90.3 Å². The Kier molecular flexibility index (Phi) is 2.39.